The third-order valence-corrected chi connectivity index (χ3v) is 4.80. The lowest BCUT2D eigenvalue weighted by Gasteiger charge is -2.14. The van der Waals surface area contributed by atoms with Gasteiger partial charge in [-0.05, 0) is 55.9 Å². The first-order chi connectivity index (χ1) is 13.8. The lowest BCUT2D eigenvalue weighted by molar-refractivity contribution is 0.0976. The normalized spacial score (nSPS) is 10.3. The summed E-state index contributed by atoms with van der Waals surface area (Å²) in [6.45, 7) is 3.83. The van der Waals surface area contributed by atoms with E-state index in [0.29, 0.717) is 27.4 Å². The second kappa shape index (κ2) is 8.99. The maximum absolute atomic E-state index is 12.9. The van der Waals surface area contributed by atoms with Crippen LogP contribution in [0.5, 0.6) is 0 Å². The van der Waals surface area contributed by atoms with Gasteiger partial charge in [-0.15, -0.1) is 0 Å². The number of carbonyl (C=O) groups is 2. The standard InChI is InChI=1S/C23H19ClN2O2S/c1-14-8-10-18(15(2)12-14)22(28)26-23(29)25-20-11-9-17(24)13-19(20)21(27)16-6-4-3-5-7-16/h3-13H,1-2H3,(H2,25,26,28,29). The zero-order valence-electron chi connectivity index (χ0n) is 16.0. The molecule has 0 unspecified atom stereocenters. The number of amides is 1. The van der Waals surface area contributed by atoms with Crippen LogP contribution in [0.4, 0.5) is 5.69 Å². The Morgan fingerprint density at radius 1 is 0.897 bits per heavy atom. The molecule has 0 aliphatic heterocycles. The number of hydrogen-bond donors (Lipinski definition) is 2. The van der Waals surface area contributed by atoms with Gasteiger partial charge in [-0.1, -0.05) is 59.6 Å². The summed E-state index contributed by atoms with van der Waals surface area (Å²) in [5.41, 5.74) is 3.84. The number of carbonyl (C=O) groups excluding carboxylic acids is 2. The molecule has 3 aromatic carbocycles. The maximum atomic E-state index is 12.9. The quantitative estimate of drug-likeness (QED) is 0.441. The summed E-state index contributed by atoms with van der Waals surface area (Å²) >= 11 is 11.4. The molecule has 0 radical (unpaired) electrons. The molecular formula is C23H19ClN2O2S. The van der Waals surface area contributed by atoms with E-state index < -0.39 is 0 Å². The summed E-state index contributed by atoms with van der Waals surface area (Å²) in [6, 6.07) is 19.3. The molecule has 2 N–H and O–H groups in total. The lowest BCUT2D eigenvalue weighted by atomic mass is 10.0. The highest BCUT2D eigenvalue weighted by molar-refractivity contribution is 7.80. The largest absolute Gasteiger partial charge is 0.332 e. The third-order valence-electron chi connectivity index (χ3n) is 4.36. The van der Waals surface area contributed by atoms with Crippen molar-refractivity contribution in [3.05, 3.63) is 99.6 Å². The van der Waals surface area contributed by atoms with Crippen molar-refractivity contribution in [2.75, 3.05) is 5.32 Å². The number of hydrogen-bond acceptors (Lipinski definition) is 3. The highest BCUT2D eigenvalue weighted by Gasteiger charge is 2.16. The molecule has 29 heavy (non-hydrogen) atoms. The van der Waals surface area contributed by atoms with Crippen LogP contribution in [0.15, 0.2) is 66.7 Å². The van der Waals surface area contributed by atoms with Crippen LogP contribution >= 0.6 is 23.8 Å². The van der Waals surface area contributed by atoms with Crippen molar-refractivity contribution < 1.29 is 9.59 Å². The summed E-state index contributed by atoms with van der Waals surface area (Å²) in [6.07, 6.45) is 0. The van der Waals surface area contributed by atoms with E-state index in [-0.39, 0.29) is 16.8 Å². The van der Waals surface area contributed by atoms with Gasteiger partial charge in [-0.2, -0.15) is 0 Å². The Morgan fingerprint density at radius 2 is 1.62 bits per heavy atom. The van der Waals surface area contributed by atoms with Crippen molar-refractivity contribution in [2.45, 2.75) is 13.8 Å². The van der Waals surface area contributed by atoms with Crippen LogP contribution in [-0.4, -0.2) is 16.8 Å². The number of nitrogens with one attached hydrogen (secondary N) is 2. The first kappa shape index (κ1) is 20.7. The van der Waals surface area contributed by atoms with Crippen molar-refractivity contribution in [1.29, 1.82) is 0 Å². The first-order valence-corrected chi connectivity index (χ1v) is 9.72. The Bertz CT molecular complexity index is 1100. The first-order valence-electron chi connectivity index (χ1n) is 8.94. The van der Waals surface area contributed by atoms with Crippen LogP contribution in [0, 0.1) is 13.8 Å². The van der Waals surface area contributed by atoms with Crippen LogP contribution in [0.1, 0.15) is 37.4 Å². The SMILES string of the molecule is Cc1ccc(C(=O)NC(=S)Nc2ccc(Cl)cc2C(=O)c2ccccc2)c(C)c1. The van der Waals surface area contributed by atoms with E-state index in [1.165, 1.54) is 0 Å². The predicted molar refractivity (Wildman–Crippen MR) is 121 cm³/mol. The molecule has 0 saturated heterocycles. The zero-order valence-corrected chi connectivity index (χ0v) is 17.5. The van der Waals surface area contributed by atoms with E-state index in [1.807, 2.05) is 32.0 Å². The van der Waals surface area contributed by atoms with Gasteiger partial charge in [0, 0.05) is 21.7 Å². The molecule has 0 aromatic heterocycles. The highest BCUT2D eigenvalue weighted by Crippen LogP contribution is 2.24. The molecule has 6 heteroatoms. The number of halogens is 1. The molecule has 1 amide bonds. The fourth-order valence-electron chi connectivity index (χ4n) is 2.95. The molecule has 0 fully saturated rings. The van der Waals surface area contributed by atoms with E-state index in [1.54, 1.807) is 48.5 Å². The fraction of sp³-hybridized carbons (Fsp3) is 0.0870. The van der Waals surface area contributed by atoms with Crippen molar-refractivity contribution in [1.82, 2.24) is 5.32 Å². The third kappa shape index (κ3) is 5.08. The molecule has 0 bridgehead atoms. The predicted octanol–water partition coefficient (Wildman–Crippen LogP) is 5.31. The molecular weight excluding hydrogens is 404 g/mol. The van der Waals surface area contributed by atoms with Crippen molar-refractivity contribution in [3.8, 4) is 0 Å². The Kier molecular flexibility index (Phi) is 6.42. The Balaban J connectivity index is 1.80. The molecule has 146 valence electrons. The summed E-state index contributed by atoms with van der Waals surface area (Å²) in [5.74, 6) is -0.510. The Hall–Kier alpha value is -3.02. The van der Waals surface area contributed by atoms with Crippen molar-refractivity contribution in [3.63, 3.8) is 0 Å². The van der Waals surface area contributed by atoms with E-state index in [9.17, 15) is 9.59 Å². The van der Waals surface area contributed by atoms with Crippen molar-refractivity contribution in [2.24, 2.45) is 0 Å². The maximum Gasteiger partial charge on any atom is 0.257 e. The molecule has 0 saturated carbocycles. The topological polar surface area (TPSA) is 58.2 Å². The van der Waals surface area contributed by atoms with Gasteiger partial charge in [0.1, 0.15) is 0 Å². The van der Waals surface area contributed by atoms with Gasteiger partial charge < -0.3 is 5.32 Å². The fourth-order valence-corrected chi connectivity index (χ4v) is 3.33. The van der Waals surface area contributed by atoms with Crippen molar-refractivity contribution >= 4 is 46.3 Å². The molecule has 3 aromatic rings. The van der Waals surface area contributed by atoms with Gasteiger partial charge in [0.05, 0.1) is 5.69 Å². The molecule has 3 rings (SSSR count). The molecule has 4 nitrogen and oxygen atoms in total. The van der Waals surface area contributed by atoms with Crippen LogP contribution < -0.4 is 10.6 Å². The molecule has 0 heterocycles. The number of rotatable bonds is 4. The van der Waals surface area contributed by atoms with Gasteiger partial charge in [-0.3, -0.25) is 14.9 Å². The van der Waals surface area contributed by atoms with E-state index in [2.05, 4.69) is 10.6 Å². The van der Waals surface area contributed by atoms with Crippen LogP contribution in [0.25, 0.3) is 0 Å². The van der Waals surface area contributed by atoms with Crippen LogP contribution in [0.3, 0.4) is 0 Å². The number of benzene rings is 3. The lowest BCUT2D eigenvalue weighted by Crippen LogP contribution is -2.35. The second-order valence-electron chi connectivity index (χ2n) is 6.61. The Labute approximate surface area is 179 Å². The van der Waals surface area contributed by atoms with Gasteiger partial charge in [-0.25, -0.2) is 0 Å². The van der Waals surface area contributed by atoms with Gasteiger partial charge in [0.15, 0.2) is 10.9 Å². The average Bonchev–Trinajstić information content (AvgIpc) is 2.69. The second-order valence-corrected chi connectivity index (χ2v) is 7.46. The monoisotopic (exact) mass is 422 g/mol. The minimum absolute atomic E-state index is 0.0967. The highest BCUT2D eigenvalue weighted by atomic mass is 35.5. The van der Waals surface area contributed by atoms with E-state index in [0.717, 1.165) is 11.1 Å². The number of anilines is 1. The van der Waals surface area contributed by atoms with Crippen LogP contribution in [-0.2, 0) is 0 Å². The summed E-state index contributed by atoms with van der Waals surface area (Å²) in [5, 5.41) is 6.13. The van der Waals surface area contributed by atoms with Gasteiger partial charge >= 0.3 is 0 Å². The van der Waals surface area contributed by atoms with Crippen LogP contribution in [0.2, 0.25) is 5.02 Å². The molecule has 0 atom stereocenters. The molecule has 0 aliphatic carbocycles. The average molecular weight is 423 g/mol. The number of thiocarbonyl (C=S) groups is 1. The zero-order chi connectivity index (χ0) is 21.0. The minimum atomic E-state index is -0.315. The van der Waals surface area contributed by atoms with E-state index in [4.69, 9.17) is 23.8 Å². The summed E-state index contributed by atoms with van der Waals surface area (Å²) in [7, 11) is 0. The number of aryl methyl sites for hydroxylation is 2. The molecule has 0 spiro atoms. The minimum Gasteiger partial charge on any atom is -0.332 e. The van der Waals surface area contributed by atoms with Gasteiger partial charge in [0.2, 0.25) is 0 Å². The van der Waals surface area contributed by atoms with E-state index >= 15 is 0 Å². The van der Waals surface area contributed by atoms with Gasteiger partial charge in [0.25, 0.3) is 5.91 Å². The Morgan fingerprint density at radius 3 is 2.31 bits per heavy atom. The number of ketones is 1. The summed E-state index contributed by atoms with van der Waals surface area (Å²) in [4.78, 5) is 25.4. The smallest absolute Gasteiger partial charge is 0.257 e. The summed E-state index contributed by atoms with van der Waals surface area (Å²) < 4.78 is 0. The molecule has 0 aliphatic rings.